The van der Waals surface area contributed by atoms with E-state index in [1.54, 1.807) is 25.1 Å². The highest BCUT2D eigenvalue weighted by molar-refractivity contribution is 7.84. The van der Waals surface area contributed by atoms with Gasteiger partial charge in [0.05, 0.1) is 11.0 Å². The van der Waals surface area contributed by atoms with Crippen molar-refractivity contribution in [3.63, 3.8) is 0 Å². The highest BCUT2D eigenvalue weighted by Crippen LogP contribution is 2.24. The van der Waals surface area contributed by atoms with E-state index < -0.39 is 10.8 Å². The lowest BCUT2D eigenvalue weighted by atomic mass is 10.1. The lowest BCUT2D eigenvalue weighted by Crippen LogP contribution is -2.10. The largest absolute Gasteiger partial charge is 0.353 e. The number of anilines is 1. The molecule has 2 aromatic rings. The molecular weight excluding hydrogens is 297 g/mol. The van der Waals surface area contributed by atoms with Crippen molar-refractivity contribution in [1.82, 2.24) is 9.36 Å². The van der Waals surface area contributed by atoms with Crippen molar-refractivity contribution in [3.8, 4) is 0 Å². The molecule has 0 amide bonds. The lowest BCUT2D eigenvalue weighted by Gasteiger charge is -2.11. The first-order valence-corrected chi connectivity index (χ1v) is 8.26. The molecule has 1 aromatic carbocycles. The Hall–Kier alpha value is -1.34. The Morgan fingerprint density at radius 1 is 1.40 bits per heavy atom. The van der Waals surface area contributed by atoms with Gasteiger partial charge < -0.3 is 4.90 Å². The number of halogens is 1. The van der Waals surface area contributed by atoms with Gasteiger partial charge >= 0.3 is 0 Å². The van der Waals surface area contributed by atoms with Crippen molar-refractivity contribution in [3.05, 3.63) is 41.5 Å². The van der Waals surface area contributed by atoms with Crippen LogP contribution >= 0.6 is 11.5 Å². The summed E-state index contributed by atoms with van der Waals surface area (Å²) in [5.74, 6) is 0.452. The average molecular weight is 313 g/mol. The summed E-state index contributed by atoms with van der Waals surface area (Å²) >= 11 is 1.27. The summed E-state index contributed by atoms with van der Waals surface area (Å²) < 4.78 is 30.2. The van der Waals surface area contributed by atoms with Crippen LogP contribution in [0.25, 0.3) is 0 Å². The molecule has 0 aliphatic heterocycles. The molecule has 7 heteroatoms. The highest BCUT2D eigenvalue weighted by Gasteiger charge is 2.19. The summed E-state index contributed by atoms with van der Waals surface area (Å²) in [7, 11) is 2.50. The molecule has 0 fully saturated rings. The van der Waals surface area contributed by atoms with E-state index in [1.165, 1.54) is 17.6 Å². The quantitative estimate of drug-likeness (QED) is 0.851. The number of aromatic nitrogens is 2. The molecule has 0 radical (unpaired) electrons. The molecule has 0 saturated heterocycles. The zero-order chi connectivity index (χ0) is 14.7. The Kier molecular flexibility index (Phi) is 4.82. The maximum Gasteiger partial charge on any atom is 0.204 e. The average Bonchev–Trinajstić information content (AvgIpc) is 2.87. The van der Waals surface area contributed by atoms with E-state index in [9.17, 15) is 8.60 Å². The Morgan fingerprint density at radius 3 is 2.70 bits per heavy atom. The fourth-order valence-electron chi connectivity index (χ4n) is 1.68. The first-order valence-electron chi connectivity index (χ1n) is 6.10. The number of rotatable bonds is 5. The van der Waals surface area contributed by atoms with E-state index in [0.29, 0.717) is 11.4 Å². The molecule has 0 aliphatic rings. The Labute approximate surface area is 124 Å². The summed E-state index contributed by atoms with van der Waals surface area (Å²) in [6, 6.07) is 6.42. The van der Waals surface area contributed by atoms with Crippen molar-refractivity contribution in [1.29, 1.82) is 0 Å². The summed E-state index contributed by atoms with van der Waals surface area (Å²) in [6.45, 7) is 1.76. The van der Waals surface area contributed by atoms with E-state index in [4.69, 9.17) is 0 Å². The normalized spacial score (nSPS) is 14.0. The first kappa shape index (κ1) is 15.1. The molecule has 108 valence electrons. The molecule has 2 rings (SSSR count). The van der Waals surface area contributed by atoms with Gasteiger partial charge in [-0.05, 0) is 13.0 Å². The summed E-state index contributed by atoms with van der Waals surface area (Å²) in [4.78, 5) is 6.15. The van der Waals surface area contributed by atoms with Gasteiger partial charge in [-0.15, -0.1) is 0 Å². The number of hydrogen-bond acceptors (Lipinski definition) is 5. The van der Waals surface area contributed by atoms with Crippen molar-refractivity contribution in [2.45, 2.75) is 17.9 Å². The fraction of sp³-hybridized carbons (Fsp3) is 0.385. The molecule has 0 saturated carbocycles. The Bertz CT molecular complexity index is 615. The zero-order valence-electron chi connectivity index (χ0n) is 11.5. The van der Waals surface area contributed by atoms with Crippen LogP contribution in [0.15, 0.2) is 24.3 Å². The minimum absolute atomic E-state index is 0.236. The molecule has 4 nitrogen and oxygen atoms in total. The van der Waals surface area contributed by atoms with Gasteiger partial charge in [0, 0.05) is 42.0 Å². The molecule has 0 spiro atoms. The molecule has 0 aliphatic carbocycles. The standard InChI is InChI=1S/C13H16FN3OS2/c1-9(10-6-4-5-7-11(10)14)20(18)8-12-15-13(17(2)3)19-16-12/h4-7,9H,8H2,1-3H3/t9-,20-/m0/s1. The predicted molar refractivity (Wildman–Crippen MR) is 80.9 cm³/mol. The van der Waals surface area contributed by atoms with Crippen molar-refractivity contribution < 1.29 is 8.60 Å². The van der Waals surface area contributed by atoms with Gasteiger partial charge in [-0.1, -0.05) is 18.2 Å². The van der Waals surface area contributed by atoms with Crippen LogP contribution in [0.1, 0.15) is 23.6 Å². The van der Waals surface area contributed by atoms with Crippen LogP contribution in [0.3, 0.4) is 0 Å². The molecule has 20 heavy (non-hydrogen) atoms. The predicted octanol–water partition coefficient (Wildman–Crippen LogP) is 2.75. The third-order valence-corrected chi connectivity index (χ3v) is 5.36. The third kappa shape index (κ3) is 3.40. The first-order chi connectivity index (χ1) is 9.49. The Morgan fingerprint density at radius 2 is 2.10 bits per heavy atom. The van der Waals surface area contributed by atoms with Gasteiger partial charge in [0.15, 0.2) is 5.82 Å². The maximum atomic E-state index is 13.7. The molecule has 0 bridgehead atoms. The minimum Gasteiger partial charge on any atom is -0.353 e. The SMILES string of the molecule is C[C@@H](c1ccccc1F)[S@@](=O)Cc1nsc(N(C)C)n1. The molecule has 1 aromatic heterocycles. The third-order valence-electron chi connectivity index (χ3n) is 2.85. The smallest absolute Gasteiger partial charge is 0.204 e. The van der Waals surface area contributed by atoms with Crippen LogP contribution in [0.5, 0.6) is 0 Å². The second kappa shape index (κ2) is 6.41. The zero-order valence-corrected chi connectivity index (χ0v) is 13.2. The van der Waals surface area contributed by atoms with Crippen LogP contribution in [0, 0.1) is 5.82 Å². The molecule has 0 N–H and O–H groups in total. The van der Waals surface area contributed by atoms with Crippen molar-refractivity contribution >= 4 is 27.5 Å². The van der Waals surface area contributed by atoms with E-state index >= 15 is 0 Å². The maximum absolute atomic E-state index is 13.7. The van der Waals surface area contributed by atoms with Crippen LogP contribution in [0.2, 0.25) is 0 Å². The van der Waals surface area contributed by atoms with E-state index in [2.05, 4.69) is 9.36 Å². The topological polar surface area (TPSA) is 46.1 Å². The second-order valence-corrected chi connectivity index (χ2v) is 7.06. The minimum atomic E-state index is -1.25. The van der Waals surface area contributed by atoms with E-state index in [-0.39, 0.29) is 16.8 Å². The summed E-state index contributed by atoms with van der Waals surface area (Å²) in [6.07, 6.45) is 0. The second-order valence-electron chi connectivity index (χ2n) is 4.58. The van der Waals surface area contributed by atoms with Crippen molar-refractivity contribution in [2.24, 2.45) is 0 Å². The lowest BCUT2D eigenvalue weighted by molar-refractivity contribution is 0.606. The molecule has 1 heterocycles. The molecule has 2 atom stereocenters. The van der Waals surface area contributed by atoms with Gasteiger partial charge in [0.1, 0.15) is 5.82 Å². The molecular formula is C13H16FN3OS2. The van der Waals surface area contributed by atoms with Crippen LogP contribution < -0.4 is 4.90 Å². The Balaban J connectivity index is 2.09. The monoisotopic (exact) mass is 313 g/mol. The van der Waals surface area contributed by atoms with Gasteiger partial charge in [-0.25, -0.2) is 9.37 Å². The summed E-state index contributed by atoms with van der Waals surface area (Å²) in [5.41, 5.74) is 0.467. The van der Waals surface area contributed by atoms with Gasteiger partial charge in [-0.3, -0.25) is 4.21 Å². The fourth-order valence-corrected chi connectivity index (χ4v) is 3.48. The van der Waals surface area contributed by atoms with Gasteiger partial charge in [0.25, 0.3) is 0 Å². The van der Waals surface area contributed by atoms with Crippen LogP contribution in [-0.2, 0) is 16.6 Å². The number of nitrogens with zero attached hydrogens (tertiary/aromatic N) is 3. The van der Waals surface area contributed by atoms with E-state index in [0.717, 1.165) is 5.13 Å². The van der Waals surface area contributed by atoms with Crippen LogP contribution in [0.4, 0.5) is 9.52 Å². The number of benzene rings is 1. The van der Waals surface area contributed by atoms with Gasteiger partial charge in [-0.2, -0.15) is 4.37 Å². The number of hydrogen-bond donors (Lipinski definition) is 0. The van der Waals surface area contributed by atoms with Gasteiger partial charge in [0.2, 0.25) is 5.13 Å². The van der Waals surface area contributed by atoms with Crippen LogP contribution in [-0.4, -0.2) is 27.7 Å². The molecule has 0 unspecified atom stereocenters. The summed E-state index contributed by atoms with van der Waals surface area (Å²) in [5, 5.41) is 0.387. The van der Waals surface area contributed by atoms with Crippen molar-refractivity contribution in [2.75, 3.05) is 19.0 Å². The highest BCUT2D eigenvalue weighted by atomic mass is 32.2. The van der Waals surface area contributed by atoms with E-state index in [1.807, 2.05) is 19.0 Å².